The van der Waals surface area contributed by atoms with Gasteiger partial charge in [-0.3, -0.25) is 0 Å². The Morgan fingerprint density at radius 3 is 2.52 bits per heavy atom. The molecule has 0 atom stereocenters. The van der Waals surface area contributed by atoms with Gasteiger partial charge in [0.15, 0.2) is 0 Å². The molecular formula is C23H21N3O2S. The average molecular weight is 404 g/mol. The Kier molecular flexibility index (Phi) is 5.72. The number of methoxy groups -OCH3 is 1. The lowest BCUT2D eigenvalue weighted by Gasteiger charge is -2.07. The lowest BCUT2D eigenvalue weighted by molar-refractivity contribution is 0.415. The third-order valence-electron chi connectivity index (χ3n) is 4.55. The molecule has 2 aromatic carbocycles. The van der Waals surface area contributed by atoms with Crippen molar-refractivity contribution in [3.05, 3.63) is 94.5 Å². The molecule has 2 aromatic heterocycles. The Bertz CT molecular complexity index is 1160. The standard InChI is InChI=1S/C23H21N3O2S/c1-17(18-10-12-20(27-2)13-11-18)24-25-23-26(15-21-9-6-14-28-21)22(16-29-23)19-7-4-3-5-8-19/h3-14,16H,15H2,1-2H3/b24-17+,25-23-. The van der Waals surface area contributed by atoms with Crippen molar-refractivity contribution in [2.45, 2.75) is 13.5 Å². The maximum absolute atomic E-state index is 5.56. The Labute approximate surface area is 173 Å². The molecule has 0 saturated carbocycles. The van der Waals surface area contributed by atoms with Crippen LogP contribution in [0.15, 0.2) is 93.0 Å². The molecule has 6 heteroatoms. The summed E-state index contributed by atoms with van der Waals surface area (Å²) >= 11 is 1.56. The first-order valence-electron chi connectivity index (χ1n) is 9.23. The quantitative estimate of drug-likeness (QED) is 0.329. The number of ether oxygens (including phenoxy) is 1. The van der Waals surface area contributed by atoms with Crippen LogP contribution in [-0.4, -0.2) is 17.4 Å². The van der Waals surface area contributed by atoms with Crippen LogP contribution in [0, 0.1) is 0 Å². The van der Waals surface area contributed by atoms with Crippen molar-refractivity contribution in [1.82, 2.24) is 4.57 Å². The van der Waals surface area contributed by atoms with Gasteiger partial charge in [0.05, 0.1) is 31.3 Å². The van der Waals surface area contributed by atoms with Crippen LogP contribution in [-0.2, 0) is 6.54 Å². The van der Waals surface area contributed by atoms with Crippen molar-refractivity contribution >= 4 is 17.0 Å². The minimum atomic E-state index is 0.594. The third kappa shape index (κ3) is 4.38. The summed E-state index contributed by atoms with van der Waals surface area (Å²) in [6.45, 7) is 2.55. The molecule has 4 aromatic rings. The zero-order valence-corrected chi connectivity index (χ0v) is 17.1. The molecular weight excluding hydrogens is 382 g/mol. The Morgan fingerprint density at radius 1 is 1.03 bits per heavy atom. The maximum atomic E-state index is 5.56. The molecule has 5 nitrogen and oxygen atoms in total. The van der Waals surface area contributed by atoms with Crippen molar-refractivity contribution in [2.75, 3.05) is 7.11 Å². The molecule has 29 heavy (non-hydrogen) atoms. The van der Waals surface area contributed by atoms with Crippen LogP contribution in [0.25, 0.3) is 11.3 Å². The van der Waals surface area contributed by atoms with E-state index in [2.05, 4.69) is 32.3 Å². The molecule has 0 N–H and O–H groups in total. The summed E-state index contributed by atoms with van der Waals surface area (Å²) in [7, 11) is 1.66. The minimum absolute atomic E-state index is 0.594. The summed E-state index contributed by atoms with van der Waals surface area (Å²) in [5.74, 6) is 1.69. The van der Waals surface area contributed by atoms with Crippen LogP contribution < -0.4 is 9.54 Å². The van der Waals surface area contributed by atoms with Gasteiger partial charge in [-0.25, -0.2) is 0 Å². The normalized spacial score (nSPS) is 12.3. The summed E-state index contributed by atoms with van der Waals surface area (Å²) in [5, 5.41) is 11.1. The summed E-state index contributed by atoms with van der Waals surface area (Å²) in [6, 6.07) is 21.9. The predicted octanol–water partition coefficient (Wildman–Crippen LogP) is 5.19. The summed E-state index contributed by atoms with van der Waals surface area (Å²) < 4.78 is 12.9. The van der Waals surface area contributed by atoms with Gasteiger partial charge in [0, 0.05) is 5.38 Å². The van der Waals surface area contributed by atoms with Gasteiger partial charge in [0.25, 0.3) is 0 Å². The van der Waals surface area contributed by atoms with Crippen molar-refractivity contribution < 1.29 is 9.15 Å². The fourth-order valence-corrected chi connectivity index (χ4v) is 3.83. The van der Waals surface area contributed by atoms with Crippen molar-refractivity contribution in [3.8, 4) is 17.0 Å². The van der Waals surface area contributed by atoms with E-state index >= 15 is 0 Å². The molecule has 146 valence electrons. The second kappa shape index (κ2) is 8.75. The first kappa shape index (κ1) is 19.0. The fourth-order valence-electron chi connectivity index (χ4n) is 2.97. The van der Waals surface area contributed by atoms with E-state index in [0.29, 0.717) is 6.54 Å². The zero-order valence-electron chi connectivity index (χ0n) is 16.3. The Morgan fingerprint density at radius 2 is 1.83 bits per heavy atom. The molecule has 0 saturated heterocycles. The van der Waals surface area contributed by atoms with Gasteiger partial charge in [-0.2, -0.15) is 5.10 Å². The van der Waals surface area contributed by atoms with Gasteiger partial charge in [-0.15, -0.1) is 16.4 Å². The molecule has 0 amide bonds. The van der Waals surface area contributed by atoms with Gasteiger partial charge in [0.2, 0.25) is 4.80 Å². The van der Waals surface area contributed by atoms with Crippen molar-refractivity contribution in [3.63, 3.8) is 0 Å². The second-order valence-electron chi connectivity index (χ2n) is 6.45. The van der Waals surface area contributed by atoms with Gasteiger partial charge >= 0.3 is 0 Å². The summed E-state index contributed by atoms with van der Waals surface area (Å²) in [5.41, 5.74) is 4.06. The average Bonchev–Trinajstić information content (AvgIpc) is 3.43. The summed E-state index contributed by atoms with van der Waals surface area (Å²) in [6.07, 6.45) is 1.69. The number of rotatable bonds is 6. The first-order valence-corrected chi connectivity index (χ1v) is 10.1. The minimum Gasteiger partial charge on any atom is -0.497 e. The molecule has 0 aliphatic rings. The molecule has 0 radical (unpaired) electrons. The van der Waals surface area contributed by atoms with Crippen molar-refractivity contribution in [1.29, 1.82) is 0 Å². The highest BCUT2D eigenvalue weighted by atomic mass is 32.1. The Hall–Kier alpha value is -3.38. The molecule has 4 rings (SSSR count). The number of nitrogens with zero attached hydrogens (tertiary/aromatic N) is 3. The molecule has 0 spiro atoms. The molecule has 0 fully saturated rings. The number of aromatic nitrogens is 1. The van der Waals surface area contributed by atoms with E-state index < -0.39 is 0 Å². The van der Waals surface area contributed by atoms with Gasteiger partial charge in [0.1, 0.15) is 11.5 Å². The maximum Gasteiger partial charge on any atom is 0.211 e. The highest BCUT2D eigenvalue weighted by molar-refractivity contribution is 7.07. The van der Waals surface area contributed by atoms with Gasteiger partial charge in [-0.05, 0) is 54.4 Å². The fraction of sp³-hybridized carbons (Fsp3) is 0.130. The van der Waals surface area contributed by atoms with E-state index in [0.717, 1.165) is 38.8 Å². The van der Waals surface area contributed by atoms with E-state index in [1.807, 2.05) is 61.5 Å². The Balaban J connectivity index is 1.73. The lowest BCUT2D eigenvalue weighted by atomic mass is 10.1. The smallest absolute Gasteiger partial charge is 0.211 e. The highest BCUT2D eigenvalue weighted by Gasteiger charge is 2.10. The monoisotopic (exact) mass is 403 g/mol. The zero-order chi connectivity index (χ0) is 20.1. The van der Waals surface area contributed by atoms with Crippen LogP contribution >= 0.6 is 11.3 Å². The van der Waals surface area contributed by atoms with Gasteiger partial charge in [-0.1, -0.05) is 30.3 Å². The van der Waals surface area contributed by atoms with Crippen LogP contribution in [0.5, 0.6) is 5.75 Å². The molecule has 0 aliphatic heterocycles. The largest absolute Gasteiger partial charge is 0.497 e. The van der Waals surface area contributed by atoms with Crippen LogP contribution in [0.4, 0.5) is 0 Å². The first-order chi connectivity index (χ1) is 14.2. The van der Waals surface area contributed by atoms with Crippen LogP contribution in [0.3, 0.4) is 0 Å². The SMILES string of the molecule is COc1ccc(/C(C)=N/N=c2\scc(-c3ccccc3)n2Cc2ccco2)cc1. The van der Waals surface area contributed by atoms with E-state index in [-0.39, 0.29) is 0 Å². The van der Waals surface area contributed by atoms with Gasteiger partial charge < -0.3 is 13.7 Å². The predicted molar refractivity (Wildman–Crippen MR) is 116 cm³/mol. The van der Waals surface area contributed by atoms with Crippen LogP contribution in [0.2, 0.25) is 0 Å². The van der Waals surface area contributed by atoms with E-state index in [1.54, 1.807) is 24.7 Å². The van der Waals surface area contributed by atoms with Crippen LogP contribution in [0.1, 0.15) is 18.2 Å². The van der Waals surface area contributed by atoms with Crippen molar-refractivity contribution in [2.24, 2.45) is 10.2 Å². The number of hydrogen-bond acceptors (Lipinski definition) is 5. The number of benzene rings is 2. The van der Waals surface area contributed by atoms with E-state index in [9.17, 15) is 0 Å². The molecule has 0 bridgehead atoms. The summed E-state index contributed by atoms with van der Waals surface area (Å²) in [4.78, 5) is 0.813. The van der Waals surface area contributed by atoms with E-state index in [1.165, 1.54) is 0 Å². The lowest BCUT2D eigenvalue weighted by Crippen LogP contribution is -2.16. The topological polar surface area (TPSA) is 52.0 Å². The second-order valence-corrected chi connectivity index (χ2v) is 7.29. The molecule has 0 unspecified atom stereocenters. The third-order valence-corrected chi connectivity index (χ3v) is 5.41. The highest BCUT2D eigenvalue weighted by Crippen LogP contribution is 2.21. The number of hydrogen-bond donors (Lipinski definition) is 0. The molecule has 2 heterocycles. The number of furan rings is 1. The number of thiazole rings is 1. The van der Waals surface area contributed by atoms with E-state index in [4.69, 9.17) is 9.15 Å². The molecule has 0 aliphatic carbocycles.